The molecular formula is C22H19BrCl2N2O4S. The van der Waals surface area contributed by atoms with E-state index in [0.29, 0.717) is 10.7 Å². The molecule has 32 heavy (non-hydrogen) atoms. The predicted molar refractivity (Wildman–Crippen MR) is 130 cm³/mol. The normalized spacial score (nSPS) is 12.1. The number of amides is 1. The minimum absolute atomic E-state index is 0.0434. The van der Waals surface area contributed by atoms with Crippen molar-refractivity contribution in [3.8, 4) is 5.75 Å². The Bertz CT molecular complexity index is 1200. The van der Waals surface area contributed by atoms with E-state index >= 15 is 0 Å². The zero-order valence-electron chi connectivity index (χ0n) is 16.8. The molecule has 3 rings (SSSR count). The van der Waals surface area contributed by atoms with Crippen molar-refractivity contribution in [3.63, 3.8) is 0 Å². The molecule has 0 aliphatic carbocycles. The van der Waals surface area contributed by atoms with Crippen LogP contribution < -0.4 is 14.8 Å². The molecule has 0 aromatic heterocycles. The number of carbonyl (C=O) groups is 1. The summed E-state index contributed by atoms with van der Waals surface area (Å²) < 4.78 is 34.0. The van der Waals surface area contributed by atoms with Gasteiger partial charge in [0.15, 0.2) is 6.61 Å². The molecule has 0 saturated heterocycles. The van der Waals surface area contributed by atoms with Crippen molar-refractivity contribution in [1.82, 2.24) is 5.32 Å². The molecule has 0 fully saturated rings. The lowest BCUT2D eigenvalue weighted by atomic mass is 10.1. The monoisotopic (exact) mass is 556 g/mol. The molecular weight excluding hydrogens is 539 g/mol. The number of ether oxygens (including phenoxy) is 1. The first-order valence-corrected chi connectivity index (χ1v) is 12.4. The molecule has 0 aliphatic heterocycles. The van der Waals surface area contributed by atoms with Crippen LogP contribution in [0.4, 0.5) is 5.69 Å². The number of benzene rings is 3. The number of carbonyl (C=O) groups excluding carboxylic acids is 1. The van der Waals surface area contributed by atoms with Gasteiger partial charge < -0.3 is 10.1 Å². The Kier molecular flexibility index (Phi) is 8.05. The summed E-state index contributed by atoms with van der Waals surface area (Å²) in [5.74, 6) is -0.138. The summed E-state index contributed by atoms with van der Waals surface area (Å²) >= 11 is 15.4. The van der Waals surface area contributed by atoms with Crippen LogP contribution in [0.5, 0.6) is 5.75 Å². The molecule has 0 saturated carbocycles. The average molecular weight is 558 g/mol. The van der Waals surface area contributed by atoms with Crippen LogP contribution >= 0.6 is 39.1 Å². The zero-order chi connectivity index (χ0) is 23.3. The summed E-state index contributed by atoms with van der Waals surface area (Å²) in [4.78, 5) is 12.2. The fourth-order valence-corrected chi connectivity index (χ4v) is 4.53. The van der Waals surface area contributed by atoms with E-state index in [9.17, 15) is 13.2 Å². The van der Waals surface area contributed by atoms with Gasteiger partial charge in [-0.05, 0) is 67.1 Å². The van der Waals surface area contributed by atoms with Crippen LogP contribution in [-0.2, 0) is 14.8 Å². The Hall–Kier alpha value is -2.26. The fraction of sp³-hybridized carbons (Fsp3) is 0.136. The van der Waals surface area contributed by atoms with Crippen LogP contribution in [0.1, 0.15) is 18.5 Å². The lowest BCUT2D eigenvalue weighted by Crippen LogP contribution is -2.31. The molecule has 3 aromatic rings. The fourth-order valence-electron chi connectivity index (χ4n) is 2.76. The Morgan fingerprint density at radius 2 is 1.69 bits per heavy atom. The highest BCUT2D eigenvalue weighted by molar-refractivity contribution is 9.10. The molecule has 3 aromatic carbocycles. The molecule has 2 N–H and O–H groups in total. The third-order valence-electron chi connectivity index (χ3n) is 4.42. The molecule has 168 valence electrons. The van der Waals surface area contributed by atoms with E-state index in [1.807, 2.05) is 31.2 Å². The highest BCUT2D eigenvalue weighted by Gasteiger charge is 2.17. The number of hydrogen-bond acceptors (Lipinski definition) is 4. The van der Waals surface area contributed by atoms with Crippen molar-refractivity contribution in [2.75, 3.05) is 11.3 Å². The standard InChI is InChI=1S/C22H19BrCl2N2O4S/c1-14(15-2-4-16(23)5-3-15)26-22(28)13-31-21-11-10-19(12-20(21)25)32(29,30)27-18-8-6-17(24)7-9-18/h2-12,14,27H,13H2,1H3,(H,26,28)/t14-/m1/s1. The zero-order valence-corrected chi connectivity index (χ0v) is 20.7. The first-order chi connectivity index (χ1) is 15.1. The SMILES string of the molecule is C[C@@H](NC(=O)COc1ccc(S(=O)(=O)Nc2ccc(Cl)cc2)cc1Cl)c1ccc(Br)cc1. The maximum absolute atomic E-state index is 12.6. The Balaban J connectivity index is 1.60. The first kappa shape index (κ1) is 24.4. The van der Waals surface area contributed by atoms with E-state index in [0.717, 1.165) is 10.0 Å². The smallest absolute Gasteiger partial charge is 0.261 e. The van der Waals surface area contributed by atoms with Crippen LogP contribution in [0.2, 0.25) is 10.0 Å². The van der Waals surface area contributed by atoms with E-state index in [-0.39, 0.29) is 34.2 Å². The van der Waals surface area contributed by atoms with Crippen molar-refractivity contribution in [2.24, 2.45) is 0 Å². The molecule has 0 unspecified atom stereocenters. The summed E-state index contributed by atoms with van der Waals surface area (Å²) in [6.45, 7) is 1.59. The highest BCUT2D eigenvalue weighted by Crippen LogP contribution is 2.28. The second kappa shape index (κ2) is 10.6. The van der Waals surface area contributed by atoms with Crippen LogP contribution in [0.15, 0.2) is 76.1 Å². The number of anilines is 1. The van der Waals surface area contributed by atoms with E-state index in [2.05, 4.69) is 26.0 Å². The molecule has 10 heteroatoms. The van der Waals surface area contributed by atoms with E-state index in [1.165, 1.54) is 18.2 Å². The van der Waals surface area contributed by atoms with Crippen molar-refractivity contribution >= 4 is 60.7 Å². The Morgan fingerprint density at radius 3 is 2.31 bits per heavy atom. The number of nitrogens with one attached hydrogen (secondary N) is 2. The summed E-state index contributed by atoms with van der Waals surface area (Å²) in [5, 5.41) is 3.40. The van der Waals surface area contributed by atoms with E-state index in [1.54, 1.807) is 24.3 Å². The van der Waals surface area contributed by atoms with Crippen molar-refractivity contribution in [2.45, 2.75) is 17.9 Å². The molecule has 1 amide bonds. The van der Waals surface area contributed by atoms with Gasteiger partial charge in [0.05, 0.1) is 16.0 Å². The lowest BCUT2D eigenvalue weighted by Gasteiger charge is -2.15. The summed E-state index contributed by atoms with van der Waals surface area (Å²) in [7, 11) is -3.86. The molecule has 6 nitrogen and oxygen atoms in total. The summed E-state index contributed by atoms with van der Waals surface area (Å²) in [5.41, 5.74) is 1.31. The van der Waals surface area contributed by atoms with Crippen LogP contribution in [-0.4, -0.2) is 20.9 Å². The van der Waals surface area contributed by atoms with Crippen molar-refractivity contribution in [1.29, 1.82) is 0 Å². The number of sulfonamides is 1. The number of halogens is 3. The lowest BCUT2D eigenvalue weighted by molar-refractivity contribution is -0.123. The quantitative estimate of drug-likeness (QED) is 0.366. The second-order valence-corrected chi connectivity index (χ2v) is 10.3. The molecule has 0 bridgehead atoms. The summed E-state index contributed by atoms with van der Waals surface area (Å²) in [6.07, 6.45) is 0. The van der Waals surface area contributed by atoms with Gasteiger partial charge in [-0.1, -0.05) is 51.3 Å². The minimum atomic E-state index is -3.86. The van der Waals surface area contributed by atoms with Gasteiger partial charge in [-0.25, -0.2) is 8.42 Å². The third kappa shape index (κ3) is 6.62. The maximum atomic E-state index is 12.6. The van der Waals surface area contributed by atoms with Gasteiger partial charge in [-0.15, -0.1) is 0 Å². The van der Waals surface area contributed by atoms with E-state index < -0.39 is 10.0 Å². The number of hydrogen-bond donors (Lipinski definition) is 2. The Morgan fingerprint density at radius 1 is 1.03 bits per heavy atom. The third-order valence-corrected chi connectivity index (χ3v) is 6.87. The van der Waals surface area contributed by atoms with Gasteiger partial charge in [0, 0.05) is 15.2 Å². The topological polar surface area (TPSA) is 84.5 Å². The molecule has 0 spiro atoms. The highest BCUT2D eigenvalue weighted by atomic mass is 79.9. The number of rotatable bonds is 8. The van der Waals surface area contributed by atoms with Crippen molar-refractivity contribution < 1.29 is 17.9 Å². The van der Waals surface area contributed by atoms with E-state index in [4.69, 9.17) is 27.9 Å². The predicted octanol–water partition coefficient (Wildman–Crippen LogP) is 5.81. The second-order valence-electron chi connectivity index (χ2n) is 6.83. The van der Waals surface area contributed by atoms with Gasteiger partial charge >= 0.3 is 0 Å². The van der Waals surface area contributed by atoms with Gasteiger partial charge in [-0.2, -0.15) is 0 Å². The van der Waals surface area contributed by atoms with Crippen molar-refractivity contribution in [3.05, 3.63) is 86.8 Å². The Labute approximate surface area is 205 Å². The maximum Gasteiger partial charge on any atom is 0.261 e. The average Bonchev–Trinajstić information content (AvgIpc) is 2.74. The molecule has 0 aliphatic rings. The first-order valence-electron chi connectivity index (χ1n) is 9.39. The van der Waals surface area contributed by atoms with Gasteiger partial charge in [0.25, 0.3) is 15.9 Å². The van der Waals surface area contributed by atoms with Gasteiger partial charge in [0.1, 0.15) is 5.75 Å². The largest absolute Gasteiger partial charge is 0.482 e. The molecule has 0 heterocycles. The van der Waals surface area contributed by atoms with Gasteiger partial charge in [0.2, 0.25) is 0 Å². The van der Waals surface area contributed by atoms with Crippen LogP contribution in [0.3, 0.4) is 0 Å². The molecule has 0 radical (unpaired) electrons. The minimum Gasteiger partial charge on any atom is -0.482 e. The van der Waals surface area contributed by atoms with Crippen LogP contribution in [0, 0.1) is 0 Å². The summed E-state index contributed by atoms with van der Waals surface area (Å²) in [6, 6.07) is 17.7. The van der Waals surface area contributed by atoms with Crippen LogP contribution in [0.25, 0.3) is 0 Å². The van der Waals surface area contributed by atoms with Gasteiger partial charge in [-0.3, -0.25) is 9.52 Å². The molecule has 1 atom stereocenters.